The number of aryl methyl sites for hydroxylation is 1. The molecule has 8 aromatic rings. The molecule has 0 aliphatic heterocycles. The van der Waals surface area contributed by atoms with Crippen LogP contribution in [-0.4, -0.2) is 19.5 Å². The van der Waals surface area contributed by atoms with E-state index < -0.39 is 0 Å². The maximum atomic E-state index is 5.32. The first-order valence-electron chi connectivity index (χ1n) is 15.4. The van der Waals surface area contributed by atoms with Gasteiger partial charge in [0.2, 0.25) is 0 Å². The van der Waals surface area contributed by atoms with Gasteiger partial charge in [0.25, 0.3) is 0 Å². The van der Waals surface area contributed by atoms with Crippen LogP contribution in [0.3, 0.4) is 0 Å². The number of para-hydroxylation sites is 2. The molecule has 0 aliphatic carbocycles. The summed E-state index contributed by atoms with van der Waals surface area (Å²) >= 11 is 1.79. The predicted molar refractivity (Wildman–Crippen MR) is 189 cm³/mol. The molecule has 0 saturated carbocycles. The standard InChI is InChI=1S/C39H31N5S/c1-2-3-26-43-38-32-17-11-25-41-36(32)35-31(16-10-24-40-35)37(38)42-39(43)34-23-22-33(45-34)27-18-20-30(21-19-27)44(28-12-6-4-7-13-28)29-14-8-5-9-15-29/h4-25H,2-3,26H2,1H3. The van der Waals surface area contributed by atoms with Gasteiger partial charge in [-0.15, -0.1) is 11.3 Å². The van der Waals surface area contributed by atoms with Crippen LogP contribution >= 0.6 is 11.3 Å². The van der Waals surface area contributed by atoms with Crippen LogP contribution in [0.15, 0.2) is 134 Å². The first-order chi connectivity index (χ1) is 22.3. The maximum absolute atomic E-state index is 5.32. The van der Waals surface area contributed by atoms with E-state index in [1.807, 2.05) is 24.5 Å². The van der Waals surface area contributed by atoms with E-state index in [-0.39, 0.29) is 0 Å². The third kappa shape index (κ3) is 4.84. The van der Waals surface area contributed by atoms with Crippen molar-refractivity contribution >= 4 is 61.2 Å². The molecule has 0 radical (unpaired) electrons. The topological polar surface area (TPSA) is 46.8 Å². The molecule has 0 bridgehead atoms. The summed E-state index contributed by atoms with van der Waals surface area (Å²) in [6, 6.07) is 42.6. The number of unbranched alkanes of at least 4 members (excludes halogenated alkanes) is 1. The van der Waals surface area contributed by atoms with Crippen molar-refractivity contribution in [1.29, 1.82) is 0 Å². The van der Waals surface area contributed by atoms with Crippen LogP contribution in [0.1, 0.15) is 19.8 Å². The Bertz CT molecular complexity index is 2210. The molecule has 4 aromatic carbocycles. The Kier molecular flexibility index (Phi) is 7.04. The minimum Gasteiger partial charge on any atom is -0.323 e. The van der Waals surface area contributed by atoms with Gasteiger partial charge in [-0.2, -0.15) is 0 Å². The van der Waals surface area contributed by atoms with E-state index in [2.05, 4.69) is 126 Å². The zero-order valence-corrected chi connectivity index (χ0v) is 25.8. The van der Waals surface area contributed by atoms with Crippen molar-refractivity contribution in [2.45, 2.75) is 26.3 Å². The Labute approximate surface area is 266 Å². The second-order valence-electron chi connectivity index (χ2n) is 11.2. The highest BCUT2D eigenvalue weighted by molar-refractivity contribution is 7.18. The van der Waals surface area contributed by atoms with E-state index in [0.717, 1.165) is 80.0 Å². The molecule has 8 rings (SSSR count). The van der Waals surface area contributed by atoms with Crippen molar-refractivity contribution in [3.8, 4) is 21.1 Å². The van der Waals surface area contributed by atoms with Crippen LogP contribution in [-0.2, 0) is 6.54 Å². The summed E-state index contributed by atoms with van der Waals surface area (Å²) in [5, 5.41) is 2.14. The largest absolute Gasteiger partial charge is 0.323 e. The normalized spacial score (nSPS) is 11.5. The van der Waals surface area contributed by atoms with Crippen LogP contribution in [0, 0.1) is 0 Å². The molecule has 0 atom stereocenters. The van der Waals surface area contributed by atoms with Crippen LogP contribution < -0.4 is 4.90 Å². The van der Waals surface area contributed by atoms with E-state index in [0.29, 0.717) is 0 Å². The summed E-state index contributed by atoms with van der Waals surface area (Å²) in [5.74, 6) is 1.01. The number of hydrogen-bond donors (Lipinski definition) is 0. The SMILES string of the molecule is CCCCn1c(-c2ccc(-c3ccc(N(c4ccccc4)c4ccccc4)cc3)s2)nc2c3cccnc3c3ncccc3c21. The second kappa shape index (κ2) is 11.6. The minimum atomic E-state index is 0.898. The van der Waals surface area contributed by atoms with Gasteiger partial charge < -0.3 is 9.47 Å². The molecule has 0 aliphatic rings. The highest BCUT2D eigenvalue weighted by Crippen LogP contribution is 2.41. The number of hydrogen-bond acceptors (Lipinski definition) is 5. The molecule has 0 saturated heterocycles. The van der Waals surface area contributed by atoms with Gasteiger partial charge in [-0.25, -0.2) is 4.98 Å². The molecule has 4 heterocycles. The molecule has 6 heteroatoms. The average Bonchev–Trinajstić information content (AvgIpc) is 3.75. The van der Waals surface area contributed by atoms with Gasteiger partial charge in [-0.3, -0.25) is 9.97 Å². The minimum absolute atomic E-state index is 0.898. The summed E-state index contributed by atoms with van der Waals surface area (Å²) in [7, 11) is 0. The van der Waals surface area contributed by atoms with Crippen LogP contribution in [0.2, 0.25) is 0 Å². The van der Waals surface area contributed by atoms with E-state index in [4.69, 9.17) is 15.0 Å². The van der Waals surface area contributed by atoms with Crippen LogP contribution in [0.25, 0.3) is 54.0 Å². The van der Waals surface area contributed by atoms with Crippen molar-refractivity contribution in [2.24, 2.45) is 0 Å². The van der Waals surface area contributed by atoms with Gasteiger partial charge in [0.1, 0.15) is 0 Å². The Balaban J connectivity index is 1.21. The Hall–Kier alpha value is -5.33. The highest BCUT2D eigenvalue weighted by Gasteiger charge is 2.21. The van der Waals surface area contributed by atoms with Crippen molar-refractivity contribution in [3.63, 3.8) is 0 Å². The predicted octanol–water partition coefficient (Wildman–Crippen LogP) is 10.8. The molecule has 0 N–H and O–H groups in total. The van der Waals surface area contributed by atoms with Crippen molar-refractivity contribution < 1.29 is 0 Å². The second-order valence-corrected chi connectivity index (χ2v) is 12.2. The van der Waals surface area contributed by atoms with E-state index in [9.17, 15) is 0 Å². The Morgan fingerprint density at radius 1 is 0.600 bits per heavy atom. The summed E-state index contributed by atoms with van der Waals surface area (Å²) in [5.41, 5.74) is 8.54. The molecule has 0 amide bonds. The number of anilines is 3. The summed E-state index contributed by atoms with van der Waals surface area (Å²) < 4.78 is 2.41. The lowest BCUT2D eigenvalue weighted by Gasteiger charge is -2.25. The Morgan fingerprint density at radius 2 is 1.20 bits per heavy atom. The summed E-state index contributed by atoms with van der Waals surface area (Å²) in [6.45, 7) is 3.14. The smallest absolute Gasteiger partial charge is 0.151 e. The van der Waals surface area contributed by atoms with Gasteiger partial charge in [-0.05, 0) is 84.8 Å². The number of thiophene rings is 1. The fourth-order valence-electron chi connectivity index (χ4n) is 6.20. The van der Waals surface area contributed by atoms with E-state index >= 15 is 0 Å². The van der Waals surface area contributed by atoms with Gasteiger partial charge in [0.15, 0.2) is 5.82 Å². The lowest BCUT2D eigenvalue weighted by molar-refractivity contribution is 0.652. The molecule has 0 unspecified atom stereocenters. The number of nitrogens with zero attached hydrogens (tertiary/aromatic N) is 5. The van der Waals surface area contributed by atoms with E-state index in [1.165, 1.54) is 10.4 Å². The molecular weight excluding hydrogens is 571 g/mol. The molecule has 218 valence electrons. The number of imidazole rings is 1. The number of benzene rings is 4. The molecule has 45 heavy (non-hydrogen) atoms. The van der Waals surface area contributed by atoms with Crippen molar-refractivity contribution in [1.82, 2.24) is 19.5 Å². The molecule has 5 nitrogen and oxygen atoms in total. The maximum Gasteiger partial charge on any atom is 0.151 e. The zero-order chi connectivity index (χ0) is 30.2. The van der Waals surface area contributed by atoms with Crippen molar-refractivity contribution in [3.05, 3.63) is 134 Å². The number of pyridine rings is 2. The number of aromatic nitrogens is 4. The summed E-state index contributed by atoms with van der Waals surface area (Å²) in [4.78, 5) is 19.5. The van der Waals surface area contributed by atoms with Gasteiger partial charge >= 0.3 is 0 Å². The third-order valence-corrected chi connectivity index (χ3v) is 9.45. The fourth-order valence-corrected chi connectivity index (χ4v) is 7.21. The lowest BCUT2D eigenvalue weighted by atomic mass is 10.1. The fraction of sp³-hybridized carbons (Fsp3) is 0.103. The number of fused-ring (bicyclic) bond motifs is 6. The zero-order valence-electron chi connectivity index (χ0n) is 25.0. The van der Waals surface area contributed by atoms with E-state index in [1.54, 1.807) is 11.3 Å². The Morgan fingerprint density at radius 3 is 1.87 bits per heavy atom. The molecular formula is C39H31N5S. The number of rotatable bonds is 8. The van der Waals surface area contributed by atoms with Crippen LogP contribution in [0.5, 0.6) is 0 Å². The van der Waals surface area contributed by atoms with Crippen LogP contribution in [0.4, 0.5) is 17.1 Å². The summed E-state index contributed by atoms with van der Waals surface area (Å²) in [6.07, 6.45) is 5.87. The monoisotopic (exact) mass is 601 g/mol. The quantitative estimate of drug-likeness (QED) is 0.163. The highest BCUT2D eigenvalue weighted by atomic mass is 32.1. The first kappa shape index (κ1) is 27.2. The molecule has 4 aromatic heterocycles. The molecule has 0 fully saturated rings. The third-order valence-electron chi connectivity index (χ3n) is 8.32. The van der Waals surface area contributed by atoms with Gasteiger partial charge in [-0.1, -0.05) is 61.9 Å². The molecule has 0 spiro atoms. The lowest BCUT2D eigenvalue weighted by Crippen LogP contribution is -2.09. The average molecular weight is 602 g/mol. The van der Waals surface area contributed by atoms with Crippen molar-refractivity contribution in [2.75, 3.05) is 4.90 Å². The van der Waals surface area contributed by atoms with Gasteiger partial charge in [0.05, 0.1) is 26.9 Å². The first-order valence-corrected chi connectivity index (χ1v) is 16.2. The van der Waals surface area contributed by atoms with Gasteiger partial charge in [0, 0.05) is 51.7 Å².